The molecule has 2 heterocycles. The normalized spacial score (nSPS) is 24.0. The predicted molar refractivity (Wildman–Crippen MR) is 64.8 cm³/mol. The Bertz CT molecular complexity index is 58.4. The third-order valence-electron chi connectivity index (χ3n) is 1.34. The summed E-state index contributed by atoms with van der Waals surface area (Å²) in [6, 6.07) is 0. The molecule has 2 aliphatic heterocycles. The smallest absolute Gasteiger partial charge is 0.0632 e. The Hall–Kier alpha value is 1.36. The van der Waals surface area contributed by atoms with E-state index >= 15 is 0 Å². The van der Waals surface area contributed by atoms with Crippen LogP contribution in [-0.2, 0) is 4.18 Å². The molecule has 0 radical (unpaired) electrons. The van der Waals surface area contributed by atoms with Crippen molar-refractivity contribution in [3.8, 4) is 0 Å². The largest absolute Gasteiger partial charge is 0.305 e. The highest BCUT2D eigenvalue weighted by Gasteiger charge is 1.97. The second kappa shape index (κ2) is 8.94. The fraction of sp³-hybridized carbons (Fsp3) is 1.00. The Balaban J connectivity index is 0.000000120. The lowest BCUT2D eigenvalue weighted by molar-refractivity contribution is 0.377. The lowest BCUT2D eigenvalue weighted by Gasteiger charge is -2.05. The summed E-state index contributed by atoms with van der Waals surface area (Å²) in [5.41, 5.74) is 0. The van der Waals surface area contributed by atoms with Crippen molar-refractivity contribution >= 4 is 43.5 Å². The van der Waals surface area contributed by atoms with Crippen LogP contribution in [0.15, 0.2) is 0 Å². The zero-order chi connectivity index (χ0) is 8.49. The molecule has 2 aliphatic rings. The third kappa shape index (κ3) is 6.83. The Morgan fingerprint density at radius 3 is 1.58 bits per heavy atom. The molecule has 0 atom stereocenters. The van der Waals surface area contributed by atoms with E-state index in [4.69, 9.17) is 4.18 Å². The van der Waals surface area contributed by atoms with Crippen LogP contribution in [0.25, 0.3) is 0 Å². The van der Waals surface area contributed by atoms with Crippen molar-refractivity contribution in [1.29, 1.82) is 0 Å². The fourth-order valence-electron chi connectivity index (χ4n) is 0.719. The van der Waals surface area contributed by atoms with Gasteiger partial charge >= 0.3 is 0 Å². The quantitative estimate of drug-likeness (QED) is 0.470. The molecular formula is C7H14OS4. The summed E-state index contributed by atoms with van der Waals surface area (Å²) in [7, 11) is 5.81. The first kappa shape index (κ1) is 11.4. The van der Waals surface area contributed by atoms with Crippen LogP contribution >= 0.6 is 43.5 Å². The molecule has 0 aromatic rings. The Labute approximate surface area is 90.5 Å². The summed E-state index contributed by atoms with van der Waals surface area (Å²) in [6.07, 6.45) is 4.10. The van der Waals surface area contributed by atoms with Gasteiger partial charge in [-0.05, 0) is 19.3 Å². The Morgan fingerprint density at radius 2 is 1.42 bits per heavy atom. The molecule has 1 nitrogen and oxygen atoms in total. The van der Waals surface area contributed by atoms with Gasteiger partial charge in [0.2, 0.25) is 0 Å². The maximum atomic E-state index is 4.95. The van der Waals surface area contributed by atoms with Crippen molar-refractivity contribution in [2.24, 2.45) is 0 Å². The van der Waals surface area contributed by atoms with Gasteiger partial charge in [-0.1, -0.05) is 32.4 Å². The van der Waals surface area contributed by atoms with E-state index in [-0.39, 0.29) is 0 Å². The van der Waals surface area contributed by atoms with Crippen LogP contribution in [0, 0.1) is 0 Å². The van der Waals surface area contributed by atoms with Gasteiger partial charge in [-0.2, -0.15) is 0 Å². The maximum absolute atomic E-state index is 4.95. The van der Waals surface area contributed by atoms with E-state index in [1.54, 1.807) is 10.8 Å². The molecule has 0 amide bonds. The molecule has 2 rings (SSSR count). The summed E-state index contributed by atoms with van der Waals surface area (Å²) < 4.78 is 4.95. The van der Waals surface area contributed by atoms with E-state index in [2.05, 4.69) is 0 Å². The van der Waals surface area contributed by atoms with Crippen LogP contribution < -0.4 is 0 Å². The molecule has 0 aromatic carbocycles. The molecule has 0 bridgehead atoms. The first-order valence-corrected chi connectivity index (χ1v) is 8.89. The van der Waals surface area contributed by atoms with Crippen molar-refractivity contribution in [3.63, 3.8) is 0 Å². The average Bonchev–Trinajstić information content (AvgIpc) is 2.24. The van der Waals surface area contributed by atoms with Crippen molar-refractivity contribution < 1.29 is 4.18 Å². The summed E-state index contributed by atoms with van der Waals surface area (Å²) in [4.78, 5) is 0. The van der Waals surface area contributed by atoms with Gasteiger partial charge in [-0.3, -0.25) is 0 Å². The van der Waals surface area contributed by atoms with Crippen LogP contribution in [-0.4, -0.2) is 23.9 Å². The molecule has 5 heteroatoms. The minimum Gasteiger partial charge on any atom is -0.305 e. The first-order chi connectivity index (χ1) is 6.00. The molecule has 0 unspecified atom stereocenters. The van der Waals surface area contributed by atoms with Gasteiger partial charge in [-0.25, -0.2) is 0 Å². The van der Waals surface area contributed by atoms with E-state index in [0.717, 1.165) is 6.61 Å². The second-order valence-corrected chi connectivity index (χ2v) is 7.25. The summed E-state index contributed by atoms with van der Waals surface area (Å²) in [6.45, 7) is 0.942. The second-order valence-electron chi connectivity index (χ2n) is 2.42. The minimum absolute atomic E-state index is 0.942. The van der Waals surface area contributed by atoms with Crippen molar-refractivity contribution in [2.45, 2.75) is 19.3 Å². The predicted octanol–water partition coefficient (Wildman–Crippen LogP) is 3.86. The first-order valence-electron chi connectivity index (χ1n) is 4.15. The number of hydrogen-bond acceptors (Lipinski definition) is 5. The Morgan fingerprint density at radius 1 is 0.750 bits per heavy atom. The van der Waals surface area contributed by atoms with Gasteiger partial charge < -0.3 is 4.18 Å². The molecular weight excluding hydrogens is 228 g/mol. The monoisotopic (exact) mass is 242 g/mol. The van der Waals surface area contributed by atoms with Crippen LogP contribution in [0.5, 0.6) is 0 Å². The van der Waals surface area contributed by atoms with Gasteiger partial charge in [0.1, 0.15) is 0 Å². The Kier molecular flexibility index (Phi) is 8.52. The average molecular weight is 242 g/mol. The van der Waals surface area contributed by atoms with E-state index < -0.39 is 0 Å². The molecule has 72 valence electrons. The molecule has 0 aromatic heterocycles. The summed E-state index contributed by atoms with van der Waals surface area (Å²) in [5, 5.41) is 0. The highest BCUT2D eigenvalue weighted by molar-refractivity contribution is 8.76. The van der Waals surface area contributed by atoms with E-state index in [1.165, 1.54) is 47.6 Å². The van der Waals surface area contributed by atoms with Gasteiger partial charge in [0, 0.05) is 17.3 Å². The molecule has 12 heavy (non-hydrogen) atoms. The van der Waals surface area contributed by atoms with Crippen molar-refractivity contribution in [3.05, 3.63) is 0 Å². The van der Waals surface area contributed by atoms with Gasteiger partial charge in [0.25, 0.3) is 0 Å². The van der Waals surface area contributed by atoms with Crippen molar-refractivity contribution in [1.82, 2.24) is 0 Å². The van der Waals surface area contributed by atoms with Crippen LogP contribution in [0.1, 0.15) is 19.3 Å². The molecule has 2 saturated heterocycles. The minimum atomic E-state index is 0.942. The third-order valence-corrected chi connectivity index (χ3v) is 5.81. The number of hydrogen-bond donors (Lipinski definition) is 0. The molecule has 0 saturated carbocycles. The molecule has 2 fully saturated rings. The van der Waals surface area contributed by atoms with E-state index in [0.29, 0.717) is 0 Å². The lowest BCUT2D eigenvalue weighted by Crippen LogP contribution is -1.92. The topological polar surface area (TPSA) is 9.23 Å². The van der Waals surface area contributed by atoms with Gasteiger partial charge in [-0.15, -0.1) is 0 Å². The molecule has 0 aliphatic carbocycles. The number of rotatable bonds is 0. The SMILES string of the molecule is C1CCSSC1.C1COSSC1. The van der Waals surface area contributed by atoms with Crippen LogP contribution in [0.3, 0.4) is 0 Å². The highest BCUT2D eigenvalue weighted by Crippen LogP contribution is 2.28. The lowest BCUT2D eigenvalue weighted by atomic mass is 10.4. The van der Waals surface area contributed by atoms with Crippen LogP contribution in [0.4, 0.5) is 0 Å². The highest BCUT2D eigenvalue weighted by atomic mass is 33.1. The maximum Gasteiger partial charge on any atom is 0.0632 e. The van der Waals surface area contributed by atoms with Gasteiger partial charge in [0.05, 0.1) is 17.7 Å². The van der Waals surface area contributed by atoms with E-state index in [1.807, 2.05) is 21.6 Å². The zero-order valence-electron chi connectivity index (χ0n) is 6.99. The zero-order valence-corrected chi connectivity index (χ0v) is 10.3. The van der Waals surface area contributed by atoms with Crippen molar-refractivity contribution in [2.75, 3.05) is 23.9 Å². The summed E-state index contributed by atoms with van der Waals surface area (Å²) >= 11 is 1.51. The standard InChI is InChI=1S/C4H8S2.C3H6OS2/c2*1-2-4-6-5-3-1/h1-4H2;1-3H2. The molecule has 0 spiro atoms. The van der Waals surface area contributed by atoms with Gasteiger partial charge in [0.15, 0.2) is 0 Å². The van der Waals surface area contributed by atoms with E-state index in [9.17, 15) is 0 Å². The molecule has 0 N–H and O–H groups in total. The summed E-state index contributed by atoms with van der Waals surface area (Å²) in [5.74, 6) is 4.01. The van der Waals surface area contributed by atoms with Crippen LogP contribution in [0.2, 0.25) is 0 Å². The fourth-order valence-corrected chi connectivity index (χ4v) is 4.54.